The highest BCUT2D eigenvalue weighted by Crippen LogP contribution is 2.19. The summed E-state index contributed by atoms with van der Waals surface area (Å²) in [4.78, 5) is 30.9. The van der Waals surface area contributed by atoms with E-state index >= 15 is 0 Å². The Hall–Kier alpha value is -2.08. The molecule has 26 heavy (non-hydrogen) atoms. The number of likely N-dealkylation sites (tertiary alicyclic amines) is 1. The summed E-state index contributed by atoms with van der Waals surface area (Å²) in [6.07, 6.45) is 1.87. The Morgan fingerprint density at radius 3 is 2.19 bits per heavy atom. The summed E-state index contributed by atoms with van der Waals surface area (Å²) in [6, 6.07) is 8.99. The van der Waals surface area contributed by atoms with Gasteiger partial charge in [0.2, 0.25) is 5.91 Å². The first-order valence-electron chi connectivity index (χ1n) is 9.59. The number of amides is 2. The number of hydrogen-bond donors (Lipinski definition) is 0. The molecule has 1 aromatic carbocycles. The molecule has 0 saturated carbocycles. The average molecular weight is 359 g/mol. The lowest BCUT2D eigenvalue weighted by molar-refractivity contribution is -0.138. The van der Waals surface area contributed by atoms with Gasteiger partial charge in [-0.1, -0.05) is 25.1 Å². The molecule has 2 saturated heterocycles. The van der Waals surface area contributed by atoms with Crippen molar-refractivity contribution in [3.63, 3.8) is 0 Å². The molecule has 0 aromatic heterocycles. The smallest absolute Gasteiger partial charge is 0.410 e. The van der Waals surface area contributed by atoms with E-state index in [0.717, 1.165) is 25.9 Å². The predicted octanol–water partition coefficient (Wildman–Crippen LogP) is 2.45. The van der Waals surface area contributed by atoms with Crippen molar-refractivity contribution in [2.75, 3.05) is 39.3 Å². The standard InChI is InChI=1S/C20H29N3O3/c1-16-8-10-22(11-9-16)19(24)17(2)21-12-14-23(15-13-21)20(25)26-18-6-4-3-5-7-18/h3-7,16-17H,8-15H2,1-2H3. The zero-order valence-corrected chi connectivity index (χ0v) is 15.8. The van der Waals surface area contributed by atoms with Crippen LogP contribution in [0.25, 0.3) is 0 Å². The van der Waals surface area contributed by atoms with Gasteiger partial charge in [0.1, 0.15) is 5.75 Å². The number of ether oxygens (including phenoxy) is 1. The maximum Gasteiger partial charge on any atom is 0.415 e. The fourth-order valence-corrected chi connectivity index (χ4v) is 3.60. The molecule has 0 spiro atoms. The zero-order valence-electron chi connectivity index (χ0n) is 15.8. The van der Waals surface area contributed by atoms with Crippen molar-refractivity contribution in [1.82, 2.24) is 14.7 Å². The molecule has 142 valence electrons. The van der Waals surface area contributed by atoms with Gasteiger partial charge in [-0.2, -0.15) is 0 Å². The molecule has 0 bridgehead atoms. The van der Waals surface area contributed by atoms with E-state index in [1.165, 1.54) is 0 Å². The number of carbonyl (C=O) groups is 2. The van der Waals surface area contributed by atoms with E-state index in [2.05, 4.69) is 11.8 Å². The molecule has 0 radical (unpaired) electrons. The maximum absolute atomic E-state index is 12.7. The highest BCUT2D eigenvalue weighted by atomic mass is 16.6. The van der Waals surface area contributed by atoms with Crippen LogP contribution in [-0.2, 0) is 4.79 Å². The van der Waals surface area contributed by atoms with Gasteiger partial charge in [-0.25, -0.2) is 4.79 Å². The average Bonchev–Trinajstić information content (AvgIpc) is 2.68. The Bertz CT molecular complexity index is 606. The number of para-hydroxylation sites is 1. The third kappa shape index (κ3) is 4.55. The Labute approximate surface area is 155 Å². The van der Waals surface area contributed by atoms with Gasteiger partial charge in [0.05, 0.1) is 6.04 Å². The van der Waals surface area contributed by atoms with Crippen molar-refractivity contribution in [1.29, 1.82) is 0 Å². The van der Waals surface area contributed by atoms with Crippen LogP contribution in [0.3, 0.4) is 0 Å². The van der Waals surface area contributed by atoms with Gasteiger partial charge >= 0.3 is 6.09 Å². The fraction of sp³-hybridized carbons (Fsp3) is 0.600. The number of carbonyl (C=O) groups excluding carboxylic acids is 2. The SMILES string of the molecule is CC1CCN(C(=O)C(C)N2CCN(C(=O)Oc3ccccc3)CC2)CC1. The van der Waals surface area contributed by atoms with E-state index in [4.69, 9.17) is 4.74 Å². The molecule has 0 N–H and O–H groups in total. The maximum atomic E-state index is 12.7. The van der Waals surface area contributed by atoms with E-state index in [1.807, 2.05) is 30.0 Å². The van der Waals surface area contributed by atoms with Crippen LogP contribution < -0.4 is 4.74 Å². The quantitative estimate of drug-likeness (QED) is 0.832. The topological polar surface area (TPSA) is 53.1 Å². The van der Waals surface area contributed by atoms with Crippen molar-refractivity contribution < 1.29 is 14.3 Å². The first-order valence-corrected chi connectivity index (χ1v) is 9.59. The Kier molecular flexibility index (Phi) is 6.14. The Morgan fingerprint density at radius 1 is 0.962 bits per heavy atom. The van der Waals surface area contributed by atoms with Gasteiger partial charge in [-0.3, -0.25) is 9.69 Å². The van der Waals surface area contributed by atoms with Crippen LogP contribution in [0.5, 0.6) is 5.75 Å². The van der Waals surface area contributed by atoms with Crippen molar-refractivity contribution in [2.24, 2.45) is 5.92 Å². The van der Waals surface area contributed by atoms with Gasteiger partial charge in [-0.15, -0.1) is 0 Å². The van der Waals surface area contributed by atoms with Crippen LogP contribution in [0, 0.1) is 5.92 Å². The number of benzene rings is 1. The largest absolute Gasteiger partial charge is 0.415 e. The number of rotatable bonds is 3. The molecular formula is C20H29N3O3. The molecule has 1 aromatic rings. The minimum atomic E-state index is -0.320. The van der Waals surface area contributed by atoms with Gasteiger partial charge in [0.25, 0.3) is 0 Å². The lowest BCUT2D eigenvalue weighted by atomic mass is 9.98. The van der Waals surface area contributed by atoms with Crippen molar-refractivity contribution >= 4 is 12.0 Å². The molecule has 2 aliphatic rings. The van der Waals surface area contributed by atoms with Gasteiger partial charge in [-0.05, 0) is 37.8 Å². The molecule has 6 heteroatoms. The normalized spacial score (nSPS) is 20.7. The first kappa shape index (κ1) is 18.7. The van der Waals surface area contributed by atoms with Crippen LogP contribution in [0.4, 0.5) is 4.79 Å². The third-order valence-electron chi connectivity index (χ3n) is 5.52. The van der Waals surface area contributed by atoms with Crippen molar-refractivity contribution in [2.45, 2.75) is 32.7 Å². The molecular weight excluding hydrogens is 330 g/mol. The summed E-state index contributed by atoms with van der Waals surface area (Å²) in [5.41, 5.74) is 0. The molecule has 1 unspecified atom stereocenters. The minimum Gasteiger partial charge on any atom is -0.410 e. The lowest BCUT2D eigenvalue weighted by Gasteiger charge is -2.39. The van der Waals surface area contributed by atoms with Crippen molar-refractivity contribution in [3.05, 3.63) is 30.3 Å². The highest BCUT2D eigenvalue weighted by molar-refractivity contribution is 5.81. The second-order valence-electron chi connectivity index (χ2n) is 7.39. The third-order valence-corrected chi connectivity index (χ3v) is 5.52. The molecule has 1 atom stereocenters. The summed E-state index contributed by atoms with van der Waals surface area (Å²) in [7, 11) is 0. The number of piperazine rings is 1. The fourth-order valence-electron chi connectivity index (χ4n) is 3.60. The lowest BCUT2D eigenvalue weighted by Crippen LogP contribution is -2.56. The summed E-state index contributed by atoms with van der Waals surface area (Å²) in [5, 5.41) is 0. The Morgan fingerprint density at radius 2 is 1.58 bits per heavy atom. The Balaban J connectivity index is 1.46. The second kappa shape index (κ2) is 8.54. The van der Waals surface area contributed by atoms with Crippen LogP contribution in [0.15, 0.2) is 30.3 Å². The molecule has 2 aliphatic heterocycles. The zero-order chi connectivity index (χ0) is 18.5. The molecule has 0 aliphatic carbocycles. The summed E-state index contributed by atoms with van der Waals surface area (Å²) in [5.74, 6) is 1.49. The highest BCUT2D eigenvalue weighted by Gasteiger charge is 2.31. The molecule has 2 amide bonds. The van der Waals surface area contributed by atoms with Gasteiger partial charge in [0, 0.05) is 39.3 Å². The number of piperidine rings is 1. The monoisotopic (exact) mass is 359 g/mol. The van der Waals surface area contributed by atoms with E-state index in [-0.39, 0.29) is 18.0 Å². The van der Waals surface area contributed by atoms with Crippen molar-refractivity contribution in [3.8, 4) is 5.75 Å². The van der Waals surface area contributed by atoms with E-state index in [9.17, 15) is 9.59 Å². The summed E-state index contributed by atoms with van der Waals surface area (Å²) < 4.78 is 5.40. The van der Waals surface area contributed by atoms with Crippen LogP contribution in [-0.4, -0.2) is 72.0 Å². The van der Waals surface area contributed by atoms with Crippen LogP contribution >= 0.6 is 0 Å². The van der Waals surface area contributed by atoms with Crippen LogP contribution in [0.2, 0.25) is 0 Å². The minimum absolute atomic E-state index is 0.129. The summed E-state index contributed by atoms with van der Waals surface area (Å²) in [6.45, 7) is 8.53. The summed E-state index contributed by atoms with van der Waals surface area (Å²) >= 11 is 0. The van der Waals surface area contributed by atoms with E-state index < -0.39 is 0 Å². The molecule has 2 heterocycles. The molecule has 3 rings (SSSR count). The first-order chi connectivity index (χ1) is 12.5. The predicted molar refractivity (Wildman–Crippen MR) is 100 cm³/mol. The molecule has 6 nitrogen and oxygen atoms in total. The van der Waals surface area contributed by atoms with E-state index in [0.29, 0.717) is 37.8 Å². The second-order valence-corrected chi connectivity index (χ2v) is 7.39. The van der Waals surface area contributed by atoms with Gasteiger partial charge in [0.15, 0.2) is 0 Å². The van der Waals surface area contributed by atoms with Crippen LogP contribution in [0.1, 0.15) is 26.7 Å². The number of hydrogen-bond acceptors (Lipinski definition) is 4. The molecule has 2 fully saturated rings. The number of nitrogens with zero attached hydrogens (tertiary/aromatic N) is 3. The van der Waals surface area contributed by atoms with E-state index in [1.54, 1.807) is 17.0 Å². The van der Waals surface area contributed by atoms with Gasteiger partial charge < -0.3 is 14.5 Å².